The Morgan fingerprint density at radius 1 is 1.22 bits per heavy atom. The lowest BCUT2D eigenvalue weighted by molar-refractivity contribution is -0.137. The Labute approximate surface area is 106 Å². The summed E-state index contributed by atoms with van der Waals surface area (Å²) in [5, 5.41) is 0. The highest BCUT2D eigenvalue weighted by Crippen LogP contribution is 2.29. The van der Waals surface area contributed by atoms with Gasteiger partial charge in [0.1, 0.15) is 0 Å². The van der Waals surface area contributed by atoms with Crippen molar-refractivity contribution < 1.29 is 14.3 Å². The van der Waals surface area contributed by atoms with Gasteiger partial charge in [0.15, 0.2) is 0 Å². The van der Waals surface area contributed by atoms with Crippen molar-refractivity contribution >= 4 is 11.7 Å². The van der Waals surface area contributed by atoms with Crippen molar-refractivity contribution in [2.45, 2.75) is 12.3 Å². The summed E-state index contributed by atoms with van der Waals surface area (Å²) >= 11 is 0. The number of nitrogens with zero attached hydrogens (tertiary/aromatic N) is 1. The smallest absolute Gasteiger partial charge is 0.306 e. The number of rotatable bonds is 2. The summed E-state index contributed by atoms with van der Waals surface area (Å²) in [6, 6.07) is 8.43. The van der Waals surface area contributed by atoms with Crippen LogP contribution in [0.1, 0.15) is 17.9 Å². The Bertz CT molecular complexity index is 440. The summed E-state index contributed by atoms with van der Waals surface area (Å²) in [7, 11) is 0. The summed E-state index contributed by atoms with van der Waals surface area (Å²) < 4.78 is 10.4. The number of esters is 1. The van der Waals surface area contributed by atoms with E-state index in [1.54, 1.807) is 0 Å². The maximum Gasteiger partial charge on any atom is 0.306 e. The van der Waals surface area contributed by atoms with Gasteiger partial charge in [0.2, 0.25) is 0 Å². The van der Waals surface area contributed by atoms with Gasteiger partial charge in [-0.3, -0.25) is 4.79 Å². The fourth-order valence-corrected chi connectivity index (χ4v) is 2.52. The van der Waals surface area contributed by atoms with Gasteiger partial charge < -0.3 is 14.4 Å². The molecule has 0 aliphatic carbocycles. The van der Waals surface area contributed by atoms with Crippen LogP contribution in [0.3, 0.4) is 0 Å². The molecule has 2 saturated heterocycles. The van der Waals surface area contributed by atoms with E-state index in [0.717, 1.165) is 26.3 Å². The molecule has 0 radical (unpaired) electrons. The third-order valence-electron chi connectivity index (χ3n) is 3.58. The molecule has 18 heavy (non-hydrogen) atoms. The number of cyclic esters (lactones) is 1. The lowest BCUT2D eigenvalue weighted by atomic mass is 9.98. The van der Waals surface area contributed by atoms with Crippen molar-refractivity contribution in [3.05, 3.63) is 29.8 Å². The summed E-state index contributed by atoms with van der Waals surface area (Å²) in [6.07, 6.45) is 0.507. The first-order chi connectivity index (χ1) is 8.83. The molecule has 0 amide bonds. The summed E-state index contributed by atoms with van der Waals surface area (Å²) in [6.45, 7) is 3.96. The molecule has 4 nitrogen and oxygen atoms in total. The lowest BCUT2D eigenvalue weighted by Crippen LogP contribution is -2.36. The molecular weight excluding hydrogens is 230 g/mol. The highest BCUT2D eigenvalue weighted by atomic mass is 16.5. The maximum absolute atomic E-state index is 11.2. The van der Waals surface area contributed by atoms with Crippen LogP contribution >= 0.6 is 0 Å². The summed E-state index contributed by atoms with van der Waals surface area (Å²) in [5.74, 6) is 0.135. The van der Waals surface area contributed by atoms with Gasteiger partial charge >= 0.3 is 5.97 Å². The van der Waals surface area contributed by atoms with Crippen LogP contribution in [0.2, 0.25) is 0 Å². The minimum absolute atomic E-state index is 0.0863. The maximum atomic E-state index is 11.2. The van der Waals surface area contributed by atoms with E-state index in [9.17, 15) is 4.79 Å². The van der Waals surface area contributed by atoms with Gasteiger partial charge in [0.25, 0.3) is 0 Å². The first-order valence-electron chi connectivity index (χ1n) is 6.41. The van der Waals surface area contributed by atoms with E-state index in [1.807, 2.05) is 0 Å². The van der Waals surface area contributed by atoms with Crippen LogP contribution in [0.5, 0.6) is 0 Å². The van der Waals surface area contributed by atoms with E-state index >= 15 is 0 Å². The fraction of sp³-hybridized carbons (Fsp3) is 0.500. The average molecular weight is 247 g/mol. The largest absolute Gasteiger partial charge is 0.465 e. The number of anilines is 1. The van der Waals surface area contributed by atoms with Crippen LogP contribution in [-0.2, 0) is 14.3 Å². The second kappa shape index (κ2) is 4.98. The quantitative estimate of drug-likeness (QED) is 0.743. The molecule has 0 aromatic heterocycles. The first kappa shape index (κ1) is 11.5. The molecule has 1 atom stereocenters. The second-order valence-electron chi connectivity index (χ2n) is 4.78. The normalized spacial score (nSPS) is 24.1. The number of ether oxygens (including phenoxy) is 2. The van der Waals surface area contributed by atoms with Gasteiger partial charge in [0, 0.05) is 24.7 Å². The topological polar surface area (TPSA) is 38.8 Å². The number of carbonyl (C=O) groups is 1. The number of morpholine rings is 1. The van der Waals surface area contributed by atoms with Gasteiger partial charge in [-0.1, -0.05) is 12.1 Å². The zero-order chi connectivity index (χ0) is 12.4. The average Bonchev–Trinajstić information content (AvgIpc) is 2.87. The number of benzene rings is 1. The molecule has 2 aliphatic rings. The van der Waals surface area contributed by atoms with Crippen LogP contribution in [0.25, 0.3) is 0 Å². The van der Waals surface area contributed by atoms with E-state index in [0.29, 0.717) is 13.0 Å². The zero-order valence-electron chi connectivity index (χ0n) is 10.3. The van der Waals surface area contributed by atoms with E-state index in [1.165, 1.54) is 11.3 Å². The highest BCUT2D eigenvalue weighted by Gasteiger charge is 2.25. The van der Waals surface area contributed by atoms with Crippen LogP contribution in [0.15, 0.2) is 24.3 Å². The molecular formula is C14H17NO3. The predicted octanol–water partition coefficient (Wildman–Crippen LogP) is 1.55. The van der Waals surface area contributed by atoms with Crippen molar-refractivity contribution in [2.24, 2.45) is 0 Å². The molecule has 1 aromatic rings. The van der Waals surface area contributed by atoms with Crippen LogP contribution in [0.4, 0.5) is 5.69 Å². The first-order valence-corrected chi connectivity index (χ1v) is 6.41. The minimum Gasteiger partial charge on any atom is -0.465 e. The fourth-order valence-electron chi connectivity index (χ4n) is 2.52. The van der Waals surface area contributed by atoms with Gasteiger partial charge in [-0.25, -0.2) is 0 Å². The van der Waals surface area contributed by atoms with Crippen LogP contribution < -0.4 is 4.90 Å². The highest BCUT2D eigenvalue weighted by molar-refractivity contribution is 5.73. The Balaban J connectivity index is 1.78. The van der Waals surface area contributed by atoms with Crippen molar-refractivity contribution in [2.75, 3.05) is 37.8 Å². The predicted molar refractivity (Wildman–Crippen MR) is 67.8 cm³/mol. The van der Waals surface area contributed by atoms with Crippen LogP contribution in [0, 0.1) is 0 Å². The molecule has 3 rings (SSSR count). The molecule has 4 heteroatoms. The van der Waals surface area contributed by atoms with Gasteiger partial charge in [0.05, 0.1) is 26.2 Å². The summed E-state index contributed by atoms with van der Waals surface area (Å²) in [4.78, 5) is 13.5. The Morgan fingerprint density at radius 2 is 2.06 bits per heavy atom. The van der Waals surface area contributed by atoms with Crippen molar-refractivity contribution in [3.8, 4) is 0 Å². The lowest BCUT2D eigenvalue weighted by Gasteiger charge is -2.29. The molecule has 1 unspecified atom stereocenters. The van der Waals surface area contributed by atoms with Gasteiger partial charge in [-0.05, 0) is 17.7 Å². The summed E-state index contributed by atoms with van der Waals surface area (Å²) in [5.41, 5.74) is 2.42. The molecule has 1 aromatic carbocycles. The SMILES string of the molecule is O=C1CC(c2cccc(N3CCOCC3)c2)CO1. The molecule has 96 valence electrons. The third-order valence-corrected chi connectivity index (χ3v) is 3.58. The minimum atomic E-state index is -0.0863. The van der Waals surface area contributed by atoms with Crippen molar-refractivity contribution in [3.63, 3.8) is 0 Å². The van der Waals surface area contributed by atoms with Gasteiger partial charge in [-0.15, -0.1) is 0 Å². The molecule has 0 saturated carbocycles. The van der Waals surface area contributed by atoms with E-state index < -0.39 is 0 Å². The van der Waals surface area contributed by atoms with Crippen LogP contribution in [-0.4, -0.2) is 38.9 Å². The molecule has 0 N–H and O–H groups in total. The number of hydrogen-bond acceptors (Lipinski definition) is 4. The molecule has 2 aliphatic heterocycles. The van der Waals surface area contributed by atoms with E-state index in [4.69, 9.17) is 9.47 Å². The second-order valence-corrected chi connectivity index (χ2v) is 4.78. The van der Waals surface area contributed by atoms with Crippen molar-refractivity contribution in [1.82, 2.24) is 0 Å². The third kappa shape index (κ3) is 2.34. The zero-order valence-corrected chi connectivity index (χ0v) is 10.3. The Morgan fingerprint density at radius 3 is 2.78 bits per heavy atom. The Kier molecular flexibility index (Phi) is 3.19. The standard InChI is InChI=1S/C14H17NO3/c16-14-9-12(10-18-14)11-2-1-3-13(8-11)15-4-6-17-7-5-15/h1-3,8,12H,4-7,9-10H2. The monoisotopic (exact) mass is 247 g/mol. The van der Waals surface area contributed by atoms with E-state index in [-0.39, 0.29) is 11.9 Å². The van der Waals surface area contributed by atoms with Gasteiger partial charge in [-0.2, -0.15) is 0 Å². The number of hydrogen-bond donors (Lipinski definition) is 0. The number of carbonyl (C=O) groups excluding carboxylic acids is 1. The molecule has 2 heterocycles. The molecule has 0 spiro atoms. The molecule has 2 fully saturated rings. The van der Waals surface area contributed by atoms with E-state index in [2.05, 4.69) is 29.2 Å². The van der Waals surface area contributed by atoms with Crippen molar-refractivity contribution in [1.29, 1.82) is 0 Å². The molecule has 0 bridgehead atoms. The Hall–Kier alpha value is -1.55.